The van der Waals surface area contributed by atoms with Gasteiger partial charge < -0.3 is 9.84 Å². The number of methoxy groups -OCH3 is 1. The van der Waals surface area contributed by atoms with Gasteiger partial charge in [0.25, 0.3) is 0 Å². The molecule has 2 aliphatic rings. The zero-order chi connectivity index (χ0) is 14.6. The molecule has 0 unspecified atom stereocenters. The minimum atomic E-state index is 0.301. The number of rotatable bonds is 1. The van der Waals surface area contributed by atoms with Gasteiger partial charge in [0.15, 0.2) is 0 Å². The number of ether oxygens (including phenoxy) is 1. The second kappa shape index (κ2) is 4.19. The normalized spacial score (nSPS) is 14.8. The summed E-state index contributed by atoms with van der Waals surface area (Å²) in [5.41, 5.74) is 5.12. The summed E-state index contributed by atoms with van der Waals surface area (Å²) in [6, 6.07) is 5.53. The Hall–Kier alpha value is -2.62. The molecule has 1 aliphatic carbocycles. The van der Waals surface area contributed by atoms with E-state index in [4.69, 9.17) is 4.74 Å². The minimum absolute atomic E-state index is 0.301. The van der Waals surface area contributed by atoms with Crippen molar-refractivity contribution in [2.24, 2.45) is 4.99 Å². The summed E-state index contributed by atoms with van der Waals surface area (Å²) in [6.45, 7) is 2.07. The van der Waals surface area contributed by atoms with Crippen molar-refractivity contribution < 1.29 is 9.84 Å². The number of fused-ring (bicyclic) bond motifs is 4. The quantitative estimate of drug-likeness (QED) is 0.857. The van der Waals surface area contributed by atoms with E-state index in [-0.39, 0.29) is 0 Å². The van der Waals surface area contributed by atoms with Crippen molar-refractivity contribution in [3.63, 3.8) is 0 Å². The first-order chi connectivity index (χ1) is 10.2. The number of aryl methyl sites for hydroxylation is 1. The van der Waals surface area contributed by atoms with Gasteiger partial charge in [-0.25, -0.2) is 9.98 Å². The molecule has 2 heterocycles. The van der Waals surface area contributed by atoms with Crippen LogP contribution in [0.3, 0.4) is 0 Å². The number of aromatic nitrogens is 1. The fraction of sp³-hybridized carbons (Fsp3) is 0.176. The minimum Gasteiger partial charge on any atom is -0.507 e. The first kappa shape index (κ1) is 12.1. The van der Waals surface area contributed by atoms with Crippen LogP contribution in [0, 0.1) is 6.92 Å². The fourth-order valence-corrected chi connectivity index (χ4v) is 3.04. The number of phenols is 1. The summed E-state index contributed by atoms with van der Waals surface area (Å²) in [5.74, 6) is 0.848. The predicted molar refractivity (Wildman–Crippen MR) is 78.7 cm³/mol. The lowest BCUT2D eigenvalue weighted by atomic mass is 9.86. The van der Waals surface area contributed by atoms with E-state index in [9.17, 15) is 5.11 Å². The Bertz CT molecular complexity index is 927. The molecular weight excluding hydrogens is 264 g/mol. The molecule has 1 aromatic heterocycles. The van der Waals surface area contributed by atoms with E-state index < -0.39 is 0 Å². The maximum atomic E-state index is 10.3. The van der Waals surface area contributed by atoms with E-state index in [1.165, 1.54) is 5.56 Å². The maximum absolute atomic E-state index is 10.3. The molecule has 1 aliphatic heterocycles. The van der Waals surface area contributed by atoms with Crippen LogP contribution < -0.4 is 15.3 Å². The number of allylic oxidation sites excluding steroid dienone is 2. The van der Waals surface area contributed by atoms with E-state index in [1.807, 2.05) is 12.1 Å². The Labute approximate surface area is 121 Å². The highest BCUT2D eigenvalue weighted by molar-refractivity contribution is 5.86. The fourth-order valence-electron chi connectivity index (χ4n) is 3.04. The first-order valence-electron chi connectivity index (χ1n) is 6.84. The molecule has 4 heteroatoms. The second-order valence-corrected chi connectivity index (χ2v) is 5.28. The molecule has 104 valence electrons. The molecule has 0 spiro atoms. The molecule has 1 N–H and O–H groups in total. The van der Waals surface area contributed by atoms with Gasteiger partial charge in [-0.1, -0.05) is 12.1 Å². The topological polar surface area (TPSA) is 54.7 Å². The third-order valence-corrected chi connectivity index (χ3v) is 4.11. The van der Waals surface area contributed by atoms with Gasteiger partial charge in [0.2, 0.25) is 5.88 Å². The lowest BCUT2D eigenvalue weighted by molar-refractivity contribution is 0.397. The molecule has 21 heavy (non-hydrogen) atoms. The maximum Gasteiger partial charge on any atom is 0.215 e. The molecule has 0 bridgehead atoms. The van der Waals surface area contributed by atoms with Crippen molar-refractivity contribution in [1.29, 1.82) is 0 Å². The molecular formula is C17H14N2O2. The summed E-state index contributed by atoms with van der Waals surface area (Å²) in [4.78, 5) is 8.92. The average molecular weight is 278 g/mol. The van der Waals surface area contributed by atoms with Gasteiger partial charge in [0.1, 0.15) is 5.75 Å². The van der Waals surface area contributed by atoms with Gasteiger partial charge in [0, 0.05) is 28.6 Å². The van der Waals surface area contributed by atoms with Crippen LogP contribution in [-0.4, -0.2) is 17.2 Å². The van der Waals surface area contributed by atoms with Gasteiger partial charge >= 0.3 is 0 Å². The lowest BCUT2D eigenvalue weighted by Gasteiger charge is -2.19. The van der Waals surface area contributed by atoms with Crippen LogP contribution in [0.25, 0.3) is 5.57 Å². The van der Waals surface area contributed by atoms with Crippen LogP contribution in [0.1, 0.15) is 16.7 Å². The summed E-state index contributed by atoms with van der Waals surface area (Å²) >= 11 is 0. The van der Waals surface area contributed by atoms with E-state index in [0.29, 0.717) is 11.6 Å². The molecule has 0 saturated carbocycles. The van der Waals surface area contributed by atoms with Crippen molar-refractivity contribution in [2.45, 2.75) is 13.3 Å². The largest absolute Gasteiger partial charge is 0.507 e. The van der Waals surface area contributed by atoms with Crippen molar-refractivity contribution in [3.05, 3.63) is 63.4 Å². The highest BCUT2D eigenvalue weighted by Gasteiger charge is 2.25. The standard InChI is InChI=1S/C17H14N2O2/c1-9-3-6-14(20)17-10(9)4-5-12-16(17)11-8-18-15(21-2)7-13(11)19-12/h3,5-8,20H,4H2,1-2H3. The van der Waals surface area contributed by atoms with Gasteiger partial charge in [-0.3, -0.25) is 0 Å². The van der Waals surface area contributed by atoms with Gasteiger partial charge in [-0.15, -0.1) is 0 Å². The zero-order valence-electron chi connectivity index (χ0n) is 11.8. The first-order valence-corrected chi connectivity index (χ1v) is 6.84. The van der Waals surface area contributed by atoms with Crippen molar-refractivity contribution >= 4 is 5.57 Å². The summed E-state index contributed by atoms with van der Waals surface area (Å²) in [5, 5.41) is 12.1. The number of pyridine rings is 1. The summed E-state index contributed by atoms with van der Waals surface area (Å²) < 4.78 is 5.16. The number of hydrogen-bond acceptors (Lipinski definition) is 4. The smallest absolute Gasteiger partial charge is 0.215 e. The van der Waals surface area contributed by atoms with Crippen LogP contribution in [0.2, 0.25) is 0 Å². The van der Waals surface area contributed by atoms with E-state index in [1.54, 1.807) is 19.4 Å². The molecule has 0 saturated heterocycles. The van der Waals surface area contributed by atoms with E-state index in [2.05, 4.69) is 23.0 Å². The van der Waals surface area contributed by atoms with Crippen molar-refractivity contribution in [2.75, 3.05) is 7.11 Å². The van der Waals surface area contributed by atoms with Gasteiger partial charge in [-0.2, -0.15) is 0 Å². The van der Waals surface area contributed by atoms with Crippen LogP contribution in [0.5, 0.6) is 11.6 Å². The van der Waals surface area contributed by atoms with Gasteiger partial charge in [0.05, 0.1) is 18.2 Å². The highest BCUT2D eigenvalue weighted by Crippen LogP contribution is 2.38. The van der Waals surface area contributed by atoms with Gasteiger partial charge in [-0.05, 0) is 30.5 Å². The molecule has 2 aromatic rings. The Balaban J connectivity index is 2.12. The molecule has 0 atom stereocenters. The van der Waals surface area contributed by atoms with Crippen LogP contribution in [0.4, 0.5) is 0 Å². The Morgan fingerprint density at radius 1 is 1.29 bits per heavy atom. The Kier molecular flexibility index (Phi) is 2.42. The molecule has 1 aromatic carbocycles. The lowest BCUT2D eigenvalue weighted by Crippen LogP contribution is -2.24. The average Bonchev–Trinajstić information content (AvgIpc) is 2.88. The molecule has 4 rings (SSSR count). The monoisotopic (exact) mass is 278 g/mol. The molecule has 4 nitrogen and oxygen atoms in total. The van der Waals surface area contributed by atoms with Crippen LogP contribution in [-0.2, 0) is 6.42 Å². The SMILES string of the molecule is COc1cc2c(cn1)=C1C(=CCc3c(C)ccc(O)c31)N=2. The summed E-state index contributed by atoms with van der Waals surface area (Å²) in [7, 11) is 1.59. The Morgan fingerprint density at radius 3 is 2.95 bits per heavy atom. The van der Waals surface area contributed by atoms with Crippen LogP contribution in [0.15, 0.2) is 41.2 Å². The number of benzene rings is 1. The number of phenolic OH excluding ortho intramolecular Hbond substituents is 1. The second-order valence-electron chi connectivity index (χ2n) is 5.28. The van der Waals surface area contributed by atoms with Crippen molar-refractivity contribution in [1.82, 2.24) is 4.98 Å². The zero-order valence-corrected chi connectivity index (χ0v) is 11.8. The summed E-state index contributed by atoms with van der Waals surface area (Å²) in [6.07, 6.45) is 4.66. The number of nitrogens with zero attached hydrogens (tertiary/aromatic N) is 2. The van der Waals surface area contributed by atoms with Crippen molar-refractivity contribution in [3.8, 4) is 11.6 Å². The molecule has 0 radical (unpaired) electrons. The number of aromatic hydroxyl groups is 1. The van der Waals surface area contributed by atoms with Crippen LogP contribution >= 0.6 is 0 Å². The molecule has 0 amide bonds. The van der Waals surface area contributed by atoms with E-state index in [0.717, 1.165) is 39.4 Å². The third-order valence-electron chi connectivity index (χ3n) is 4.11. The van der Waals surface area contributed by atoms with E-state index >= 15 is 0 Å². The third kappa shape index (κ3) is 1.62. The number of hydrogen-bond donors (Lipinski definition) is 1. The Morgan fingerprint density at radius 2 is 2.14 bits per heavy atom. The molecule has 0 fully saturated rings. The highest BCUT2D eigenvalue weighted by atomic mass is 16.5. The predicted octanol–water partition coefficient (Wildman–Crippen LogP) is 1.38.